The van der Waals surface area contributed by atoms with Crippen molar-refractivity contribution in [2.24, 2.45) is 5.92 Å². The topological polar surface area (TPSA) is 86.7 Å². The second-order valence-electron chi connectivity index (χ2n) is 7.67. The fraction of sp³-hybridized carbons (Fsp3) is 0.435. The Hall–Kier alpha value is -2.22. The molecule has 0 unspecified atom stereocenters. The van der Waals surface area contributed by atoms with Crippen LogP contribution in [0.5, 0.6) is 0 Å². The van der Waals surface area contributed by atoms with Gasteiger partial charge >= 0.3 is 0 Å². The van der Waals surface area contributed by atoms with Gasteiger partial charge in [-0.25, -0.2) is 8.42 Å². The first-order chi connectivity index (χ1) is 14.1. The summed E-state index contributed by atoms with van der Waals surface area (Å²) >= 11 is 0. The van der Waals surface area contributed by atoms with E-state index in [4.69, 9.17) is 0 Å². The molecule has 0 bridgehead atoms. The molecule has 0 saturated carbocycles. The number of aliphatic hydroxyl groups is 1. The van der Waals surface area contributed by atoms with E-state index in [1.807, 2.05) is 44.2 Å². The molecule has 2 N–H and O–H groups in total. The fourth-order valence-electron chi connectivity index (χ4n) is 3.42. The summed E-state index contributed by atoms with van der Waals surface area (Å²) in [4.78, 5) is 13.1. The molecule has 0 spiro atoms. The molecule has 30 heavy (non-hydrogen) atoms. The van der Waals surface area contributed by atoms with Crippen molar-refractivity contribution >= 4 is 15.9 Å². The van der Waals surface area contributed by atoms with Crippen LogP contribution in [-0.2, 0) is 10.0 Å². The van der Waals surface area contributed by atoms with Crippen LogP contribution in [0.2, 0.25) is 0 Å². The Morgan fingerprint density at radius 1 is 1.07 bits per heavy atom. The van der Waals surface area contributed by atoms with E-state index in [0.717, 1.165) is 0 Å². The van der Waals surface area contributed by atoms with Crippen molar-refractivity contribution in [2.75, 3.05) is 13.1 Å². The van der Waals surface area contributed by atoms with Gasteiger partial charge in [0.25, 0.3) is 5.91 Å². The molecule has 0 fully saturated rings. The number of nitrogens with one attached hydrogen (secondary N) is 1. The number of aryl methyl sites for hydroxylation is 1. The monoisotopic (exact) mass is 432 g/mol. The van der Waals surface area contributed by atoms with Crippen LogP contribution < -0.4 is 5.32 Å². The summed E-state index contributed by atoms with van der Waals surface area (Å²) in [6, 6.07) is 13.3. The highest BCUT2D eigenvalue weighted by atomic mass is 32.2. The highest BCUT2D eigenvalue weighted by molar-refractivity contribution is 7.89. The van der Waals surface area contributed by atoms with Crippen molar-refractivity contribution in [2.45, 2.75) is 51.7 Å². The Balaban J connectivity index is 2.34. The second-order valence-corrected chi connectivity index (χ2v) is 9.57. The van der Waals surface area contributed by atoms with Crippen LogP contribution in [0.15, 0.2) is 53.4 Å². The molecule has 164 valence electrons. The number of carbonyl (C=O) groups excluding carboxylic acids is 1. The number of hydrogen-bond acceptors (Lipinski definition) is 4. The normalized spacial score (nSPS) is 14.0. The van der Waals surface area contributed by atoms with E-state index in [1.165, 1.54) is 10.4 Å². The zero-order valence-corrected chi connectivity index (χ0v) is 19.1. The standard InChI is InChI=1S/C23H32N2O4S/c1-6-25(7-2)30(28,29)20-15-19(14-13-17(20)5)23(27)24-21(16(3)4)22(26)18-11-9-8-10-12-18/h8-16,21-22,26H,6-7H2,1-5H3,(H,24,27)/t21-,22+/m0/s1. The predicted molar refractivity (Wildman–Crippen MR) is 119 cm³/mol. The van der Waals surface area contributed by atoms with Gasteiger partial charge in [-0.3, -0.25) is 4.79 Å². The molecule has 0 heterocycles. The van der Waals surface area contributed by atoms with E-state index in [9.17, 15) is 18.3 Å². The van der Waals surface area contributed by atoms with Gasteiger partial charge in [-0.05, 0) is 36.1 Å². The van der Waals surface area contributed by atoms with Gasteiger partial charge < -0.3 is 10.4 Å². The van der Waals surface area contributed by atoms with Crippen LogP contribution in [0.1, 0.15) is 55.3 Å². The van der Waals surface area contributed by atoms with Crippen LogP contribution in [0, 0.1) is 12.8 Å². The molecule has 0 radical (unpaired) electrons. The molecule has 2 atom stereocenters. The molecule has 0 saturated heterocycles. The van der Waals surface area contributed by atoms with E-state index in [0.29, 0.717) is 24.2 Å². The Morgan fingerprint density at radius 2 is 1.67 bits per heavy atom. The van der Waals surface area contributed by atoms with Gasteiger partial charge in [0.15, 0.2) is 0 Å². The third kappa shape index (κ3) is 5.28. The summed E-state index contributed by atoms with van der Waals surface area (Å²) in [6.07, 6.45) is -0.875. The Morgan fingerprint density at radius 3 is 2.20 bits per heavy atom. The second kappa shape index (κ2) is 10.2. The molecule has 0 aromatic heterocycles. The molecule has 2 aromatic rings. The molecule has 2 aromatic carbocycles. The molecule has 0 aliphatic carbocycles. The minimum atomic E-state index is -3.69. The fourth-order valence-corrected chi connectivity index (χ4v) is 5.13. The van der Waals surface area contributed by atoms with Gasteiger partial charge in [0.05, 0.1) is 17.0 Å². The van der Waals surface area contributed by atoms with E-state index in [1.54, 1.807) is 32.9 Å². The average molecular weight is 433 g/mol. The first kappa shape index (κ1) is 24.1. The third-order valence-corrected chi connectivity index (χ3v) is 7.46. The summed E-state index contributed by atoms with van der Waals surface area (Å²) in [5.74, 6) is -0.451. The maximum absolute atomic E-state index is 13.0. The number of benzene rings is 2. The van der Waals surface area contributed by atoms with E-state index >= 15 is 0 Å². The lowest BCUT2D eigenvalue weighted by Gasteiger charge is -2.28. The molecular weight excluding hydrogens is 400 g/mol. The summed E-state index contributed by atoms with van der Waals surface area (Å²) in [6.45, 7) is 9.83. The highest BCUT2D eigenvalue weighted by Gasteiger charge is 2.28. The van der Waals surface area contributed by atoms with Crippen LogP contribution in [0.25, 0.3) is 0 Å². The average Bonchev–Trinajstić information content (AvgIpc) is 2.72. The van der Waals surface area contributed by atoms with Gasteiger partial charge in [-0.1, -0.05) is 64.1 Å². The van der Waals surface area contributed by atoms with Crippen LogP contribution in [0.4, 0.5) is 0 Å². The number of carbonyl (C=O) groups is 1. The number of sulfonamides is 1. The first-order valence-corrected chi connectivity index (χ1v) is 11.7. The number of aliphatic hydroxyl groups excluding tert-OH is 1. The van der Waals surface area contributed by atoms with Crippen LogP contribution in [0.3, 0.4) is 0 Å². The van der Waals surface area contributed by atoms with Crippen molar-refractivity contribution in [3.63, 3.8) is 0 Å². The molecule has 6 nitrogen and oxygen atoms in total. The Kier molecular flexibility index (Phi) is 8.18. The SMILES string of the molecule is CCN(CC)S(=O)(=O)c1cc(C(=O)N[C@@H](C(C)C)[C@H](O)c2ccccc2)ccc1C. The van der Waals surface area contributed by atoms with Crippen molar-refractivity contribution in [1.29, 1.82) is 0 Å². The van der Waals surface area contributed by atoms with E-state index in [2.05, 4.69) is 5.32 Å². The minimum Gasteiger partial charge on any atom is -0.386 e. The molecule has 1 amide bonds. The maximum Gasteiger partial charge on any atom is 0.251 e. The first-order valence-electron chi connectivity index (χ1n) is 10.3. The summed E-state index contributed by atoms with van der Waals surface area (Å²) in [7, 11) is -3.69. The number of hydrogen-bond donors (Lipinski definition) is 2. The van der Waals surface area contributed by atoms with Crippen molar-refractivity contribution < 1.29 is 18.3 Å². The van der Waals surface area contributed by atoms with Crippen molar-refractivity contribution in [3.05, 3.63) is 65.2 Å². The van der Waals surface area contributed by atoms with Crippen molar-refractivity contribution in [3.8, 4) is 0 Å². The molecular formula is C23H32N2O4S. The number of rotatable bonds is 9. The molecule has 0 aliphatic heterocycles. The number of nitrogens with zero attached hydrogens (tertiary/aromatic N) is 1. The van der Waals surface area contributed by atoms with Gasteiger partial charge in [0, 0.05) is 18.7 Å². The van der Waals surface area contributed by atoms with Gasteiger partial charge in [0.2, 0.25) is 10.0 Å². The van der Waals surface area contributed by atoms with Crippen molar-refractivity contribution in [1.82, 2.24) is 9.62 Å². The lowest BCUT2D eigenvalue weighted by atomic mass is 9.93. The summed E-state index contributed by atoms with van der Waals surface area (Å²) < 4.78 is 27.3. The van der Waals surface area contributed by atoms with Gasteiger partial charge in [-0.15, -0.1) is 0 Å². The third-order valence-electron chi connectivity index (χ3n) is 5.27. The molecule has 7 heteroatoms. The van der Waals surface area contributed by atoms with E-state index in [-0.39, 0.29) is 16.4 Å². The maximum atomic E-state index is 13.0. The zero-order valence-electron chi connectivity index (χ0n) is 18.3. The van der Waals surface area contributed by atoms with E-state index < -0.39 is 28.1 Å². The van der Waals surface area contributed by atoms with Crippen LogP contribution in [-0.4, -0.2) is 42.9 Å². The zero-order chi connectivity index (χ0) is 22.5. The quantitative estimate of drug-likeness (QED) is 0.635. The summed E-state index contributed by atoms with van der Waals surface area (Å²) in [5.41, 5.74) is 1.55. The lowest BCUT2D eigenvalue weighted by Crippen LogP contribution is -2.43. The Bertz CT molecular complexity index is 954. The van der Waals surface area contributed by atoms with Gasteiger partial charge in [0.1, 0.15) is 0 Å². The molecule has 0 aliphatic rings. The molecule has 2 rings (SSSR count). The number of amides is 1. The predicted octanol–water partition coefficient (Wildman–Crippen LogP) is 3.51. The smallest absolute Gasteiger partial charge is 0.251 e. The largest absolute Gasteiger partial charge is 0.386 e. The Labute approximate surface area is 180 Å². The van der Waals surface area contributed by atoms with Gasteiger partial charge in [-0.2, -0.15) is 4.31 Å². The lowest BCUT2D eigenvalue weighted by molar-refractivity contribution is 0.0759. The highest BCUT2D eigenvalue weighted by Crippen LogP contribution is 2.24. The minimum absolute atomic E-state index is 0.0338. The summed E-state index contributed by atoms with van der Waals surface area (Å²) in [5, 5.41) is 13.7. The van der Waals surface area contributed by atoms with Crippen LogP contribution >= 0.6 is 0 Å².